The number of ether oxygens (including phenoxy) is 4. The molecule has 0 bridgehead atoms. The molecule has 0 radical (unpaired) electrons. The lowest BCUT2D eigenvalue weighted by atomic mass is 9.93. The number of rotatable bonds is 8. The Morgan fingerprint density at radius 2 is 1.53 bits per heavy atom. The second-order valence-electron chi connectivity index (χ2n) is 9.02. The summed E-state index contributed by atoms with van der Waals surface area (Å²) in [6.45, 7) is 3.82. The number of carbonyl (C=O) groups is 2. The van der Waals surface area contributed by atoms with Crippen LogP contribution in [0.5, 0.6) is 23.0 Å². The molecule has 0 aliphatic carbocycles. The van der Waals surface area contributed by atoms with Crippen molar-refractivity contribution in [1.82, 2.24) is 4.90 Å². The number of aryl methyl sites for hydroxylation is 2. The number of amides is 1. The Hall–Kier alpha value is -4.46. The molecule has 3 aromatic rings. The molecule has 1 heterocycles. The summed E-state index contributed by atoms with van der Waals surface area (Å²) in [6.07, 6.45) is 0. The van der Waals surface area contributed by atoms with Gasteiger partial charge in [-0.2, -0.15) is 0 Å². The summed E-state index contributed by atoms with van der Waals surface area (Å²) in [5.74, 6) is 0.0885. The van der Waals surface area contributed by atoms with E-state index in [1.54, 1.807) is 37.4 Å². The summed E-state index contributed by atoms with van der Waals surface area (Å²) >= 11 is 0. The Labute approximate surface area is 222 Å². The number of Topliss-reactive ketones (excluding diaryl/α,β-unsaturated/α-hetero) is 1. The highest BCUT2D eigenvalue weighted by Gasteiger charge is 2.47. The SMILES string of the molecule is COc1ccccc1CN1C(=O)C(=O)/C(=C(/O)c2cc(C)cc(C)c2OC)C1c1ccc(OC)c(OC)c1. The molecule has 1 N–H and O–H groups in total. The molecule has 38 heavy (non-hydrogen) atoms. The van der Waals surface area contributed by atoms with Crippen LogP contribution >= 0.6 is 0 Å². The van der Waals surface area contributed by atoms with Crippen molar-refractivity contribution in [2.75, 3.05) is 28.4 Å². The monoisotopic (exact) mass is 517 g/mol. The summed E-state index contributed by atoms with van der Waals surface area (Å²) in [5.41, 5.74) is 3.25. The molecule has 1 aliphatic heterocycles. The molecule has 8 nitrogen and oxygen atoms in total. The van der Waals surface area contributed by atoms with Gasteiger partial charge in [0, 0.05) is 5.56 Å². The average Bonchev–Trinajstić information content (AvgIpc) is 3.17. The van der Waals surface area contributed by atoms with Crippen LogP contribution in [0, 0.1) is 13.8 Å². The smallest absolute Gasteiger partial charge is 0.295 e. The fraction of sp³-hybridized carbons (Fsp3) is 0.267. The van der Waals surface area contributed by atoms with Crippen LogP contribution in [0.4, 0.5) is 0 Å². The third kappa shape index (κ3) is 4.65. The van der Waals surface area contributed by atoms with Gasteiger partial charge in [0.25, 0.3) is 11.7 Å². The van der Waals surface area contributed by atoms with E-state index in [0.29, 0.717) is 39.7 Å². The minimum absolute atomic E-state index is 0.0413. The van der Waals surface area contributed by atoms with Gasteiger partial charge in [-0.15, -0.1) is 0 Å². The predicted molar refractivity (Wildman–Crippen MR) is 143 cm³/mol. The van der Waals surface area contributed by atoms with Crippen molar-refractivity contribution in [3.63, 3.8) is 0 Å². The Balaban J connectivity index is 1.97. The Morgan fingerprint density at radius 1 is 0.842 bits per heavy atom. The molecule has 1 fully saturated rings. The first-order chi connectivity index (χ1) is 18.2. The quantitative estimate of drug-likeness (QED) is 0.256. The second-order valence-corrected chi connectivity index (χ2v) is 9.02. The lowest BCUT2D eigenvalue weighted by Crippen LogP contribution is -2.29. The minimum Gasteiger partial charge on any atom is -0.507 e. The van der Waals surface area contributed by atoms with Crippen LogP contribution in [0.1, 0.15) is 33.9 Å². The van der Waals surface area contributed by atoms with E-state index in [0.717, 1.165) is 11.1 Å². The minimum atomic E-state index is -0.912. The molecule has 1 atom stereocenters. The highest BCUT2D eigenvalue weighted by Crippen LogP contribution is 2.44. The molecule has 1 saturated heterocycles. The molecule has 1 amide bonds. The van der Waals surface area contributed by atoms with Gasteiger partial charge >= 0.3 is 0 Å². The number of nitrogens with zero attached hydrogens (tertiary/aromatic N) is 1. The topological polar surface area (TPSA) is 94.5 Å². The summed E-state index contributed by atoms with van der Waals surface area (Å²) in [4.78, 5) is 28.5. The summed E-state index contributed by atoms with van der Waals surface area (Å²) in [6, 6.07) is 15.2. The van der Waals surface area contributed by atoms with Gasteiger partial charge in [-0.25, -0.2) is 0 Å². The van der Waals surface area contributed by atoms with Crippen LogP contribution in [-0.4, -0.2) is 50.1 Å². The molecule has 0 saturated carbocycles. The molecule has 1 aliphatic rings. The average molecular weight is 518 g/mol. The third-order valence-corrected chi connectivity index (χ3v) is 6.67. The van der Waals surface area contributed by atoms with Gasteiger partial charge in [-0.3, -0.25) is 9.59 Å². The fourth-order valence-electron chi connectivity index (χ4n) is 4.98. The third-order valence-electron chi connectivity index (χ3n) is 6.67. The summed E-state index contributed by atoms with van der Waals surface area (Å²) in [5, 5.41) is 11.6. The normalized spacial score (nSPS) is 16.5. The highest BCUT2D eigenvalue weighted by molar-refractivity contribution is 6.46. The van der Waals surface area contributed by atoms with E-state index < -0.39 is 17.7 Å². The number of hydrogen-bond donors (Lipinski definition) is 1. The number of methoxy groups -OCH3 is 4. The van der Waals surface area contributed by atoms with Crippen molar-refractivity contribution >= 4 is 17.4 Å². The van der Waals surface area contributed by atoms with Crippen LogP contribution in [-0.2, 0) is 16.1 Å². The zero-order valence-corrected chi connectivity index (χ0v) is 22.3. The molecule has 198 valence electrons. The molecular formula is C30H31NO7. The Kier molecular flexibility index (Phi) is 7.62. The second kappa shape index (κ2) is 10.9. The summed E-state index contributed by atoms with van der Waals surface area (Å²) in [7, 11) is 6.08. The van der Waals surface area contributed by atoms with Gasteiger partial charge < -0.3 is 29.0 Å². The van der Waals surface area contributed by atoms with Crippen molar-refractivity contribution in [2.45, 2.75) is 26.4 Å². The fourth-order valence-corrected chi connectivity index (χ4v) is 4.98. The number of aliphatic hydroxyl groups is 1. The van der Waals surface area contributed by atoms with Crippen LogP contribution in [0.25, 0.3) is 5.76 Å². The lowest BCUT2D eigenvalue weighted by molar-refractivity contribution is -0.140. The van der Waals surface area contributed by atoms with Crippen molar-refractivity contribution in [2.24, 2.45) is 0 Å². The van der Waals surface area contributed by atoms with E-state index in [1.165, 1.54) is 26.2 Å². The van der Waals surface area contributed by atoms with E-state index in [9.17, 15) is 14.7 Å². The van der Waals surface area contributed by atoms with Crippen molar-refractivity contribution in [3.8, 4) is 23.0 Å². The zero-order chi connectivity index (χ0) is 27.6. The van der Waals surface area contributed by atoms with Crippen molar-refractivity contribution in [1.29, 1.82) is 0 Å². The van der Waals surface area contributed by atoms with Crippen molar-refractivity contribution in [3.05, 3.63) is 88.0 Å². The Morgan fingerprint density at radius 3 is 2.18 bits per heavy atom. The van der Waals surface area contributed by atoms with E-state index in [4.69, 9.17) is 18.9 Å². The molecule has 8 heteroatoms. The maximum Gasteiger partial charge on any atom is 0.295 e. The van der Waals surface area contributed by atoms with Crippen LogP contribution < -0.4 is 18.9 Å². The van der Waals surface area contributed by atoms with Gasteiger partial charge in [-0.1, -0.05) is 30.3 Å². The molecule has 4 rings (SSSR count). The number of para-hydroxylation sites is 1. The Bertz CT molecular complexity index is 1430. The summed E-state index contributed by atoms with van der Waals surface area (Å²) < 4.78 is 21.9. The number of likely N-dealkylation sites (tertiary alicyclic amines) is 1. The molecule has 0 spiro atoms. The van der Waals surface area contributed by atoms with Gasteiger partial charge in [0.2, 0.25) is 0 Å². The van der Waals surface area contributed by atoms with E-state index >= 15 is 0 Å². The standard InChI is InChI=1S/C30H31NO7/c1-17-13-18(2)29(38-6)21(14-17)27(32)25-26(19-11-12-23(36-4)24(15-19)37-5)31(30(34)28(25)33)16-20-9-7-8-10-22(20)35-3/h7-15,26,32H,16H2,1-6H3/b27-25+. The number of ketones is 1. The molecule has 0 aromatic heterocycles. The van der Waals surface area contributed by atoms with E-state index in [1.807, 2.05) is 38.1 Å². The van der Waals surface area contributed by atoms with E-state index in [2.05, 4.69) is 0 Å². The lowest BCUT2D eigenvalue weighted by Gasteiger charge is -2.27. The molecule has 3 aromatic carbocycles. The first kappa shape index (κ1) is 26.6. The zero-order valence-electron chi connectivity index (χ0n) is 22.3. The van der Waals surface area contributed by atoms with Crippen LogP contribution in [0.15, 0.2) is 60.2 Å². The number of carbonyl (C=O) groups excluding carboxylic acids is 2. The van der Waals surface area contributed by atoms with Gasteiger partial charge in [0.1, 0.15) is 17.3 Å². The number of benzene rings is 3. The largest absolute Gasteiger partial charge is 0.507 e. The van der Waals surface area contributed by atoms with Gasteiger partial charge in [0.05, 0.1) is 52.2 Å². The maximum absolute atomic E-state index is 13.6. The van der Waals surface area contributed by atoms with E-state index in [-0.39, 0.29) is 17.9 Å². The molecule has 1 unspecified atom stereocenters. The van der Waals surface area contributed by atoms with Crippen LogP contribution in [0.2, 0.25) is 0 Å². The maximum atomic E-state index is 13.6. The first-order valence-corrected chi connectivity index (χ1v) is 12.0. The highest BCUT2D eigenvalue weighted by atomic mass is 16.5. The van der Waals surface area contributed by atoms with Crippen molar-refractivity contribution < 1.29 is 33.6 Å². The van der Waals surface area contributed by atoms with Gasteiger partial charge in [0.15, 0.2) is 11.5 Å². The van der Waals surface area contributed by atoms with Gasteiger partial charge in [-0.05, 0) is 54.8 Å². The number of hydrogen-bond acceptors (Lipinski definition) is 7. The molecular weight excluding hydrogens is 486 g/mol. The number of aliphatic hydroxyl groups excluding tert-OH is 1. The van der Waals surface area contributed by atoms with Crippen LogP contribution in [0.3, 0.4) is 0 Å². The predicted octanol–water partition coefficient (Wildman–Crippen LogP) is 4.96. The first-order valence-electron chi connectivity index (χ1n) is 12.0.